The van der Waals surface area contributed by atoms with Gasteiger partial charge < -0.3 is 0 Å². The first-order chi connectivity index (χ1) is 12.5. The van der Waals surface area contributed by atoms with Crippen LogP contribution in [-0.2, 0) is 0 Å². The largest absolute Gasteiger partial charge is 0.294 e. The number of halogens is 1. The standard InChI is InChI=1S/C20H16ClN3O2/c1-13(25)19-17(14-8-10-16(21)11-9-14)12-18(15-6-4-3-5-7-15)22-20(19)24(2)23-26/h3-12H,1-2H3. The number of hydrogen-bond donors (Lipinski definition) is 0. The molecule has 0 radical (unpaired) electrons. The molecule has 6 heteroatoms. The van der Waals surface area contributed by atoms with Crippen molar-refractivity contribution in [1.82, 2.24) is 4.98 Å². The molecular weight excluding hydrogens is 350 g/mol. The lowest BCUT2D eigenvalue weighted by atomic mass is 9.96. The minimum Gasteiger partial charge on any atom is -0.294 e. The third-order valence-corrected chi connectivity index (χ3v) is 4.26. The van der Waals surface area contributed by atoms with Gasteiger partial charge in [-0.25, -0.2) is 9.99 Å². The Labute approximate surface area is 156 Å². The number of rotatable bonds is 5. The van der Waals surface area contributed by atoms with Crippen molar-refractivity contribution in [3.63, 3.8) is 0 Å². The number of Topliss-reactive ketones (excluding diaryl/α,β-unsaturated/α-hetero) is 1. The van der Waals surface area contributed by atoms with E-state index in [2.05, 4.69) is 10.3 Å². The zero-order valence-electron chi connectivity index (χ0n) is 14.3. The normalized spacial score (nSPS) is 10.4. The molecule has 0 atom stereocenters. The molecule has 0 saturated carbocycles. The van der Waals surface area contributed by atoms with Crippen molar-refractivity contribution in [1.29, 1.82) is 0 Å². The first-order valence-corrected chi connectivity index (χ1v) is 8.33. The number of aromatic nitrogens is 1. The summed E-state index contributed by atoms with van der Waals surface area (Å²) in [5, 5.41) is 4.60. The fraction of sp³-hybridized carbons (Fsp3) is 0.100. The minimum atomic E-state index is -0.201. The van der Waals surface area contributed by atoms with Gasteiger partial charge in [0.05, 0.1) is 16.5 Å². The van der Waals surface area contributed by atoms with E-state index in [0.717, 1.165) is 16.1 Å². The number of pyridine rings is 1. The van der Waals surface area contributed by atoms with Crippen LogP contribution in [0.2, 0.25) is 5.02 Å². The summed E-state index contributed by atoms with van der Waals surface area (Å²) in [6.07, 6.45) is 0. The summed E-state index contributed by atoms with van der Waals surface area (Å²) in [4.78, 5) is 28.0. The molecule has 0 aliphatic rings. The highest BCUT2D eigenvalue weighted by molar-refractivity contribution is 6.30. The van der Waals surface area contributed by atoms with Gasteiger partial charge in [-0.2, -0.15) is 0 Å². The predicted octanol–water partition coefficient (Wildman–Crippen LogP) is 5.39. The topological polar surface area (TPSA) is 62.6 Å². The molecule has 5 nitrogen and oxygen atoms in total. The second kappa shape index (κ2) is 7.45. The van der Waals surface area contributed by atoms with Gasteiger partial charge in [0.15, 0.2) is 11.6 Å². The molecule has 3 rings (SSSR count). The molecule has 130 valence electrons. The van der Waals surface area contributed by atoms with Gasteiger partial charge in [0, 0.05) is 17.6 Å². The Hall–Kier alpha value is -3.05. The van der Waals surface area contributed by atoms with Gasteiger partial charge in [-0.3, -0.25) is 4.79 Å². The molecule has 0 amide bonds. The van der Waals surface area contributed by atoms with Gasteiger partial charge in [0.2, 0.25) is 0 Å². The number of hydrogen-bond acceptors (Lipinski definition) is 4. The van der Waals surface area contributed by atoms with Crippen molar-refractivity contribution in [2.75, 3.05) is 12.1 Å². The summed E-state index contributed by atoms with van der Waals surface area (Å²) < 4.78 is 0. The van der Waals surface area contributed by atoms with Crippen molar-refractivity contribution in [2.24, 2.45) is 5.29 Å². The Morgan fingerprint density at radius 3 is 2.27 bits per heavy atom. The van der Waals surface area contributed by atoms with Crippen LogP contribution in [0.1, 0.15) is 17.3 Å². The van der Waals surface area contributed by atoms with E-state index in [1.165, 1.54) is 14.0 Å². The van der Waals surface area contributed by atoms with Crippen molar-refractivity contribution in [2.45, 2.75) is 6.92 Å². The van der Waals surface area contributed by atoms with E-state index in [1.807, 2.05) is 48.5 Å². The van der Waals surface area contributed by atoms with Crippen LogP contribution >= 0.6 is 11.6 Å². The molecule has 2 aromatic carbocycles. The average molecular weight is 366 g/mol. The predicted molar refractivity (Wildman–Crippen MR) is 104 cm³/mol. The number of nitrogens with zero attached hydrogens (tertiary/aromatic N) is 3. The fourth-order valence-electron chi connectivity index (χ4n) is 2.77. The van der Waals surface area contributed by atoms with Crippen LogP contribution in [0.5, 0.6) is 0 Å². The second-order valence-corrected chi connectivity index (χ2v) is 6.22. The molecule has 0 unspecified atom stereocenters. The van der Waals surface area contributed by atoms with Crippen LogP contribution in [0.25, 0.3) is 22.4 Å². The van der Waals surface area contributed by atoms with Crippen molar-refractivity contribution < 1.29 is 4.79 Å². The number of anilines is 1. The molecule has 0 aliphatic carbocycles. The maximum absolute atomic E-state index is 12.4. The lowest BCUT2D eigenvalue weighted by molar-refractivity contribution is 0.101. The van der Waals surface area contributed by atoms with Crippen LogP contribution in [0.3, 0.4) is 0 Å². The zero-order valence-corrected chi connectivity index (χ0v) is 15.1. The van der Waals surface area contributed by atoms with Crippen LogP contribution in [0.15, 0.2) is 65.9 Å². The smallest absolute Gasteiger partial charge is 0.164 e. The Bertz CT molecular complexity index is 957. The first-order valence-electron chi connectivity index (χ1n) is 7.95. The second-order valence-electron chi connectivity index (χ2n) is 5.79. The summed E-state index contributed by atoms with van der Waals surface area (Å²) >= 11 is 5.99. The summed E-state index contributed by atoms with van der Waals surface area (Å²) in [5.41, 5.74) is 3.34. The van der Waals surface area contributed by atoms with Crippen LogP contribution in [-0.4, -0.2) is 17.8 Å². The summed E-state index contributed by atoms with van der Waals surface area (Å²) in [6, 6.07) is 18.6. The van der Waals surface area contributed by atoms with Crippen LogP contribution in [0, 0.1) is 4.91 Å². The van der Waals surface area contributed by atoms with Gasteiger partial charge >= 0.3 is 0 Å². The van der Waals surface area contributed by atoms with Gasteiger partial charge in [0.1, 0.15) is 0 Å². The highest BCUT2D eigenvalue weighted by Crippen LogP contribution is 2.35. The summed E-state index contributed by atoms with van der Waals surface area (Å²) in [5.74, 6) is 0.0198. The molecule has 0 saturated heterocycles. The molecular formula is C20H16ClN3O2. The lowest BCUT2D eigenvalue weighted by Gasteiger charge is -2.18. The van der Waals surface area contributed by atoms with Crippen molar-refractivity contribution >= 4 is 23.2 Å². The van der Waals surface area contributed by atoms with E-state index in [0.29, 0.717) is 21.8 Å². The van der Waals surface area contributed by atoms with E-state index in [4.69, 9.17) is 11.6 Å². The van der Waals surface area contributed by atoms with E-state index in [1.54, 1.807) is 12.1 Å². The third-order valence-electron chi connectivity index (χ3n) is 4.01. The Balaban J connectivity index is 2.33. The fourth-order valence-corrected chi connectivity index (χ4v) is 2.89. The Morgan fingerprint density at radius 1 is 1.04 bits per heavy atom. The number of benzene rings is 2. The number of carbonyl (C=O) groups is 1. The summed E-state index contributed by atoms with van der Waals surface area (Å²) in [7, 11) is 1.47. The number of carbonyl (C=O) groups excluding carboxylic acids is 1. The van der Waals surface area contributed by atoms with E-state index >= 15 is 0 Å². The van der Waals surface area contributed by atoms with E-state index in [9.17, 15) is 9.70 Å². The van der Waals surface area contributed by atoms with E-state index < -0.39 is 0 Å². The molecule has 0 bridgehead atoms. The Kier molecular flexibility index (Phi) is 5.09. The van der Waals surface area contributed by atoms with Gasteiger partial charge in [-0.15, -0.1) is 4.91 Å². The minimum absolute atomic E-state index is 0.201. The maximum Gasteiger partial charge on any atom is 0.164 e. The molecule has 26 heavy (non-hydrogen) atoms. The molecule has 0 N–H and O–H groups in total. The quantitative estimate of drug-likeness (QED) is 0.345. The summed E-state index contributed by atoms with van der Waals surface area (Å²) in [6.45, 7) is 1.45. The van der Waals surface area contributed by atoms with Crippen molar-refractivity contribution in [3.8, 4) is 22.4 Å². The van der Waals surface area contributed by atoms with Crippen molar-refractivity contribution in [3.05, 3.63) is 76.2 Å². The molecule has 1 aromatic heterocycles. The van der Waals surface area contributed by atoms with Crippen LogP contribution < -0.4 is 5.01 Å². The number of ketones is 1. The number of nitroso groups, excluding NO2 is 1. The lowest BCUT2D eigenvalue weighted by Crippen LogP contribution is -2.15. The molecule has 3 aromatic rings. The SMILES string of the molecule is CC(=O)c1c(-c2ccc(Cl)cc2)cc(-c2ccccc2)nc1N(C)N=O. The molecule has 0 fully saturated rings. The highest BCUT2D eigenvalue weighted by atomic mass is 35.5. The monoisotopic (exact) mass is 365 g/mol. The van der Waals surface area contributed by atoms with Gasteiger partial charge in [-0.05, 0) is 36.2 Å². The maximum atomic E-state index is 12.4. The molecule has 0 aliphatic heterocycles. The van der Waals surface area contributed by atoms with Gasteiger partial charge in [-0.1, -0.05) is 54.1 Å². The average Bonchev–Trinajstić information content (AvgIpc) is 2.67. The molecule has 1 heterocycles. The first kappa shape index (κ1) is 17.8. The van der Waals surface area contributed by atoms with E-state index in [-0.39, 0.29) is 11.6 Å². The zero-order chi connectivity index (χ0) is 18.7. The highest BCUT2D eigenvalue weighted by Gasteiger charge is 2.21. The van der Waals surface area contributed by atoms with Gasteiger partial charge in [0.25, 0.3) is 0 Å². The third kappa shape index (κ3) is 3.48. The van der Waals surface area contributed by atoms with Crippen LogP contribution in [0.4, 0.5) is 5.82 Å². The Morgan fingerprint density at radius 2 is 1.69 bits per heavy atom. The molecule has 0 spiro atoms.